The molecule has 2 rings (SSSR count). The molecule has 0 aliphatic rings. The van der Waals surface area contributed by atoms with Gasteiger partial charge in [0.05, 0.1) is 5.52 Å². The van der Waals surface area contributed by atoms with Crippen LogP contribution in [0.1, 0.15) is 13.8 Å². The molecule has 1 atom stereocenters. The number of hydrogen-bond donors (Lipinski definition) is 2. The van der Waals surface area contributed by atoms with Crippen LogP contribution < -0.4 is 11.1 Å². The molecule has 20 heavy (non-hydrogen) atoms. The highest BCUT2D eigenvalue weighted by atomic mass is 15.1. The van der Waals surface area contributed by atoms with E-state index >= 15 is 0 Å². The standard InChI is InChI=1S/C16H24N4/c1-11(2)16(10-20(3)4)19-14-7-8-18-15-9-12(17)5-6-13(14)15/h5-9,11,16H,10,17H2,1-4H3,(H,18,19). The SMILES string of the molecule is CC(C)C(CN(C)C)Nc1ccnc2cc(N)ccc12. The van der Waals surface area contributed by atoms with Crippen molar-refractivity contribution < 1.29 is 0 Å². The number of likely N-dealkylation sites (N-methyl/N-ethyl adjacent to an activating group) is 1. The van der Waals surface area contributed by atoms with Gasteiger partial charge in [0.1, 0.15) is 0 Å². The van der Waals surface area contributed by atoms with Crippen molar-refractivity contribution in [2.45, 2.75) is 19.9 Å². The monoisotopic (exact) mass is 272 g/mol. The van der Waals surface area contributed by atoms with Gasteiger partial charge >= 0.3 is 0 Å². The van der Waals surface area contributed by atoms with Gasteiger partial charge in [0, 0.05) is 35.5 Å². The second kappa shape index (κ2) is 6.09. The molecule has 108 valence electrons. The summed E-state index contributed by atoms with van der Waals surface area (Å²) in [6, 6.07) is 8.30. The van der Waals surface area contributed by atoms with Crippen LogP contribution in [-0.4, -0.2) is 36.6 Å². The molecule has 0 fully saturated rings. The zero-order chi connectivity index (χ0) is 14.7. The summed E-state index contributed by atoms with van der Waals surface area (Å²) in [6.07, 6.45) is 1.83. The number of anilines is 2. The molecule has 4 nitrogen and oxygen atoms in total. The Hall–Kier alpha value is -1.81. The van der Waals surface area contributed by atoms with Crippen LogP contribution in [0.3, 0.4) is 0 Å². The molecule has 2 aromatic rings. The number of nitrogens with zero attached hydrogens (tertiary/aromatic N) is 2. The summed E-state index contributed by atoms with van der Waals surface area (Å²) in [7, 11) is 4.20. The van der Waals surface area contributed by atoms with Crippen LogP contribution >= 0.6 is 0 Å². The molecule has 1 unspecified atom stereocenters. The lowest BCUT2D eigenvalue weighted by atomic mass is 10.0. The van der Waals surface area contributed by atoms with E-state index in [1.165, 1.54) is 0 Å². The summed E-state index contributed by atoms with van der Waals surface area (Å²) in [5, 5.41) is 4.77. The Morgan fingerprint density at radius 2 is 2.00 bits per heavy atom. The molecular formula is C16H24N4. The van der Waals surface area contributed by atoms with E-state index in [9.17, 15) is 0 Å². The fourth-order valence-electron chi connectivity index (χ4n) is 2.31. The minimum absolute atomic E-state index is 0.396. The largest absolute Gasteiger partial charge is 0.399 e. The van der Waals surface area contributed by atoms with Crippen molar-refractivity contribution in [2.75, 3.05) is 31.7 Å². The molecule has 1 aromatic heterocycles. The summed E-state index contributed by atoms with van der Waals surface area (Å²) in [6.45, 7) is 5.47. The second-order valence-corrected chi connectivity index (χ2v) is 5.89. The predicted molar refractivity (Wildman–Crippen MR) is 87.0 cm³/mol. The van der Waals surface area contributed by atoms with Crippen LogP contribution in [0.15, 0.2) is 30.5 Å². The van der Waals surface area contributed by atoms with Crippen LogP contribution in [0.2, 0.25) is 0 Å². The van der Waals surface area contributed by atoms with E-state index in [2.05, 4.69) is 43.1 Å². The third-order valence-corrected chi connectivity index (χ3v) is 3.47. The lowest BCUT2D eigenvalue weighted by Gasteiger charge is -2.27. The number of nitrogens with one attached hydrogen (secondary N) is 1. The number of rotatable bonds is 5. The van der Waals surface area contributed by atoms with Crippen molar-refractivity contribution in [3.63, 3.8) is 0 Å². The van der Waals surface area contributed by atoms with Crippen LogP contribution in [0.4, 0.5) is 11.4 Å². The van der Waals surface area contributed by atoms with Crippen molar-refractivity contribution in [2.24, 2.45) is 5.92 Å². The third-order valence-electron chi connectivity index (χ3n) is 3.47. The van der Waals surface area contributed by atoms with Crippen LogP contribution in [0, 0.1) is 5.92 Å². The highest BCUT2D eigenvalue weighted by molar-refractivity contribution is 5.92. The fraction of sp³-hybridized carbons (Fsp3) is 0.438. The Bertz CT molecular complexity index is 578. The Morgan fingerprint density at radius 1 is 1.25 bits per heavy atom. The molecule has 0 amide bonds. The van der Waals surface area contributed by atoms with E-state index in [-0.39, 0.29) is 0 Å². The summed E-state index contributed by atoms with van der Waals surface area (Å²) >= 11 is 0. The van der Waals surface area contributed by atoms with Crippen molar-refractivity contribution >= 4 is 22.3 Å². The first-order chi connectivity index (χ1) is 9.47. The normalized spacial score (nSPS) is 13.1. The molecule has 0 aliphatic heterocycles. The van der Waals surface area contributed by atoms with Gasteiger partial charge in [-0.15, -0.1) is 0 Å². The van der Waals surface area contributed by atoms with Gasteiger partial charge in [-0.3, -0.25) is 4.98 Å². The molecule has 4 heteroatoms. The first-order valence-electron chi connectivity index (χ1n) is 7.03. The van der Waals surface area contributed by atoms with Gasteiger partial charge in [0.15, 0.2) is 0 Å². The van der Waals surface area contributed by atoms with Gasteiger partial charge in [-0.2, -0.15) is 0 Å². The van der Waals surface area contributed by atoms with E-state index in [1.54, 1.807) is 0 Å². The molecule has 0 saturated heterocycles. The summed E-state index contributed by atoms with van der Waals surface area (Å²) < 4.78 is 0. The number of nitrogens with two attached hydrogens (primary N) is 1. The van der Waals surface area contributed by atoms with Gasteiger partial charge in [-0.05, 0) is 44.3 Å². The van der Waals surface area contributed by atoms with Crippen molar-refractivity contribution in [1.82, 2.24) is 9.88 Å². The van der Waals surface area contributed by atoms with Crippen LogP contribution in [0.25, 0.3) is 10.9 Å². The fourth-order valence-corrected chi connectivity index (χ4v) is 2.31. The molecule has 3 N–H and O–H groups in total. The zero-order valence-electron chi connectivity index (χ0n) is 12.7. The Morgan fingerprint density at radius 3 is 2.65 bits per heavy atom. The Labute approximate surface area is 121 Å². The van der Waals surface area contributed by atoms with Crippen molar-refractivity contribution in [3.8, 4) is 0 Å². The molecule has 0 bridgehead atoms. The number of benzene rings is 1. The second-order valence-electron chi connectivity index (χ2n) is 5.89. The van der Waals surface area contributed by atoms with E-state index < -0.39 is 0 Å². The zero-order valence-corrected chi connectivity index (χ0v) is 12.7. The number of aromatic nitrogens is 1. The Balaban J connectivity index is 2.32. The highest BCUT2D eigenvalue weighted by Gasteiger charge is 2.15. The smallest absolute Gasteiger partial charge is 0.0743 e. The van der Waals surface area contributed by atoms with Gasteiger partial charge in [-0.1, -0.05) is 13.8 Å². The topological polar surface area (TPSA) is 54.2 Å². The number of pyridine rings is 1. The molecule has 1 aromatic carbocycles. The maximum Gasteiger partial charge on any atom is 0.0743 e. The van der Waals surface area contributed by atoms with E-state index in [4.69, 9.17) is 5.73 Å². The predicted octanol–water partition coefficient (Wildman–Crippen LogP) is 2.82. The minimum Gasteiger partial charge on any atom is -0.399 e. The first-order valence-corrected chi connectivity index (χ1v) is 7.03. The van der Waals surface area contributed by atoms with Gasteiger partial charge < -0.3 is 16.0 Å². The summed E-state index contributed by atoms with van der Waals surface area (Å²) in [5.74, 6) is 0.550. The lowest BCUT2D eigenvalue weighted by Crippen LogP contribution is -2.36. The number of fused-ring (bicyclic) bond motifs is 1. The van der Waals surface area contributed by atoms with E-state index in [0.717, 1.165) is 28.8 Å². The van der Waals surface area contributed by atoms with Crippen molar-refractivity contribution in [1.29, 1.82) is 0 Å². The third kappa shape index (κ3) is 3.39. The molecule has 0 aliphatic carbocycles. The van der Waals surface area contributed by atoms with Crippen LogP contribution in [0.5, 0.6) is 0 Å². The summed E-state index contributed by atoms with van der Waals surface area (Å²) in [5.41, 5.74) is 8.62. The molecule has 0 spiro atoms. The van der Waals surface area contributed by atoms with E-state index in [1.807, 2.05) is 30.5 Å². The van der Waals surface area contributed by atoms with Gasteiger partial charge in [-0.25, -0.2) is 0 Å². The quantitative estimate of drug-likeness (QED) is 0.822. The highest BCUT2D eigenvalue weighted by Crippen LogP contribution is 2.25. The maximum absolute atomic E-state index is 5.82. The lowest BCUT2D eigenvalue weighted by molar-refractivity contribution is 0.345. The van der Waals surface area contributed by atoms with E-state index in [0.29, 0.717) is 12.0 Å². The average Bonchev–Trinajstić information content (AvgIpc) is 2.37. The average molecular weight is 272 g/mol. The first kappa shape index (κ1) is 14.6. The van der Waals surface area contributed by atoms with Gasteiger partial charge in [0.25, 0.3) is 0 Å². The maximum atomic E-state index is 5.82. The summed E-state index contributed by atoms with van der Waals surface area (Å²) in [4.78, 5) is 6.59. The number of nitrogen functional groups attached to an aromatic ring is 1. The Kier molecular flexibility index (Phi) is 4.45. The molecule has 0 saturated carbocycles. The minimum atomic E-state index is 0.396. The molecule has 1 heterocycles. The van der Waals surface area contributed by atoms with Gasteiger partial charge in [0.2, 0.25) is 0 Å². The van der Waals surface area contributed by atoms with Crippen molar-refractivity contribution in [3.05, 3.63) is 30.5 Å². The number of hydrogen-bond acceptors (Lipinski definition) is 4. The molecular weight excluding hydrogens is 248 g/mol. The van der Waals surface area contributed by atoms with Crippen LogP contribution in [-0.2, 0) is 0 Å². The molecule has 0 radical (unpaired) electrons.